The number of aliphatic hydroxyl groups excluding tert-OH is 1. The van der Waals surface area contributed by atoms with Gasteiger partial charge >= 0.3 is 5.96 Å². The number of hydrogen-bond acceptors (Lipinski definition) is 2. The van der Waals surface area contributed by atoms with Gasteiger partial charge < -0.3 is 10.0 Å². The summed E-state index contributed by atoms with van der Waals surface area (Å²) in [5, 5.41) is 9.95. The Hall–Kier alpha value is -1.75. The molecule has 0 aromatic heterocycles. The van der Waals surface area contributed by atoms with Crippen molar-refractivity contribution < 1.29 is 10.1 Å². The number of nitrogens with one attached hydrogen (secondary N) is 1. The van der Waals surface area contributed by atoms with E-state index < -0.39 is 6.10 Å². The van der Waals surface area contributed by atoms with Crippen molar-refractivity contribution in [1.82, 2.24) is 0 Å². The van der Waals surface area contributed by atoms with Crippen LogP contribution in [0.1, 0.15) is 12.0 Å². The Balaban J connectivity index is 2.00. The number of rotatable bonds is 4. The van der Waals surface area contributed by atoms with Crippen molar-refractivity contribution in [3.63, 3.8) is 0 Å². The van der Waals surface area contributed by atoms with Gasteiger partial charge in [-0.25, -0.2) is 0 Å². The van der Waals surface area contributed by atoms with Crippen molar-refractivity contribution >= 4 is 11.6 Å². The van der Waals surface area contributed by atoms with Crippen LogP contribution in [0.15, 0.2) is 24.3 Å². The van der Waals surface area contributed by atoms with Gasteiger partial charge in [0.25, 0.3) is 0 Å². The summed E-state index contributed by atoms with van der Waals surface area (Å²) in [6.07, 6.45) is 1.76. The molecule has 0 bridgehead atoms. The highest BCUT2D eigenvalue weighted by Gasteiger charge is 2.18. The number of nitrogens with two attached hydrogens (primary N) is 2. The van der Waals surface area contributed by atoms with E-state index in [0.717, 1.165) is 19.4 Å². The summed E-state index contributed by atoms with van der Waals surface area (Å²) in [6, 6.07) is 8.35. The zero-order valence-electron chi connectivity index (χ0n) is 10.5. The first-order valence-corrected chi connectivity index (χ1v) is 6.29. The molecule has 0 radical (unpaired) electrons. The van der Waals surface area contributed by atoms with Gasteiger partial charge in [-0.1, -0.05) is 18.2 Å². The first-order chi connectivity index (χ1) is 8.66. The molecule has 2 rings (SSSR count). The third kappa shape index (κ3) is 3.13. The molecular weight excluding hydrogens is 228 g/mol. The van der Waals surface area contributed by atoms with E-state index in [4.69, 9.17) is 11.5 Å². The van der Waals surface area contributed by atoms with Crippen molar-refractivity contribution in [3.05, 3.63) is 29.8 Å². The van der Waals surface area contributed by atoms with Gasteiger partial charge in [-0.15, -0.1) is 0 Å². The number of hydrogen-bond donors (Lipinski definition) is 4. The number of nitrogens with zero attached hydrogens (tertiary/aromatic N) is 1. The highest BCUT2D eigenvalue weighted by Crippen LogP contribution is 2.26. The van der Waals surface area contributed by atoms with E-state index in [2.05, 4.69) is 28.1 Å². The highest BCUT2D eigenvalue weighted by atomic mass is 16.3. The minimum Gasteiger partial charge on any atom is -0.388 e. The number of β-amino-alcohol motifs (C(OH)–C–C–N with tert-alkyl or cyclic N) is 1. The molecule has 1 unspecified atom stereocenters. The second-order valence-corrected chi connectivity index (χ2v) is 4.67. The average molecular weight is 249 g/mol. The Bertz CT molecular complexity index is 429. The zero-order chi connectivity index (χ0) is 13.0. The summed E-state index contributed by atoms with van der Waals surface area (Å²) < 4.78 is 0. The zero-order valence-corrected chi connectivity index (χ0v) is 10.5. The van der Waals surface area contributed by atoms with Gasteiger partial charge in [-0.05, 0) is 24.5 Å². The van der Waals surface area contributed by atoms with Crippen LogP contribution in [-0.2, 0) is 6.42 Å². The van der Waals surface area contributed by atoms with Crippen LogP contribution < -0.4 is 21.4 Å². The van der Waals surface area contributed by atoms with Crippen molar-refractivity contribution in [2.24, 2.45) is 11.5 Å². The third-order valence-electron chi connectivity index (χ3n) is 3.18. The smallest absolute Gasteiger partial charge is 0.338 e. The van der Waals surface area contributed by atoms with Gasteiger partial charge in [0.1, 0.15) is 6.10 Å². The fraction of sp³-hybridized carbons (Fsp3) is 0.462. The molecular formula is C13H21N4O+. The lowest BCUT2D eigenvalue weighted by Gasteiger charge is -2.32. The van der Waals surface area contributed by atoms with E-state index in [9.17, 15) is 5.11 Å². The highest BCUT2D eigenvalue weighted by molar-refractivity contribution is 5.69. The third-order valence-corrected chi connectivity index (χ3v) is 3.18. The number of benzene rings is 1. The maximum Gasteiger partial charge on any atom is 0.338 e. The van der Waals surface area contributed by atoms with Crippen LogP contribution in [0.5, 0.6) is 0 Å². The molecule has 6 N–H and O–H groups in total. The maximum atomic E-state index is 9.95. The standard InChI is InChI=1S/C13H20N4O/c14-13(15)16-8-11(18)9-17-7-3-5-10-4-1-2-6-12(10)17/h1-2,4,6,11,18H,3,5,7-9H2,(H4,14,15,16)/p+1. The van der Waals surface area contributed by atoms with Crippen LogP contribution in [0.4, 0.5) is 5.69 Å². The molecule has 18 heavy (non-hydrogen) atoms. The van der Waals surface area contributed by atoms with E-state index in [0.29, 0.717) is 13.1 Å². The van der Waals surface area contributed by atoms with Crippen LogP contribution in [0, 0.1) is 0 Å². The first-order valence-electron chi connectivity index (χ1n) is 6.29. The van der Waals surface area contributed by atoms with Crippen molar-refractivity contribution in [1.29, 1.82) is 0 Å². The number of aryl methyl sites for hydroxylation is 1. The minimum absolute atomic E-state index is 0.146. The molecule has 0 spiro atoms. The normalized spacial score (nSPS) is 15.9. The van der Waals surface area contributed by atoms with Gasteiger partial charge in [0, 0.05) is 18.8 Å². The Labute approximate surface area is 107 Å². The Kier molecular flexibility index (Phi) is 4.04. The number of anilines is 1. The summed E-state index contributed by atoms with van der Waals surface area (Å²) in [7, 11) is 0. The summed E-state index contributed by atoms with van der Waals surface area (Å²) in [6.45, 7) is 1.95. The second kappa shape index (κ2) is 5.73. The summed E-state index contributed by atoms with van der Waals surface area (Å²) in [5.74, 6) is 0.146. The molecule has 5 heteroatoms. The largest absolute Gasteiger partial charge is 0.388 e. The number of para-hydroxylation sites is 1. The van der Waals surface area contributed by atoms with E-state index in [1.807, 2.05) is 6.07 Å². The predicted molar refractivity (Wildman–Crippen MR) is 72.2 cm³/mol. The van der Waals surface area contributed by atoms with Crippen LogP contribution >= 0.6 is 0 Å². The van der Waals surface area contributed by atoms with Crippen LogP contribution in [0.3, 0.4) is 0 Å². The molecule has 1 aromatic rings. The molecule has 1 aliphatic rings. The Morgan fingerprint density at radius 3 is 2.94 bits per heavy atom. The first kappa shape index (κ1) is 12.7. The van der Waals surface area contributed by atoms with Gasteiger partial charge in [0.05, 0.1) is 6.54 Å². The SMILES string of the molecule is NC(N)=[NH+]CC(O)CN1CCCc2ccccc21. The van der Waals surface area contributed by atoms with E-state index in [1.54, 1.807) is 0 Å². The molecule has 0 fully saturated rings. The summed E-state index contributed by atoms with van der Waals surface area (Å²) in [4.78, 5) is 4.97. The van der Waals surface area contributed by atoms with Gasteiger partial charge in [0.15, 0.2) is 0 Å². The quantitative estimate of drug-likeness (QED) is 0.373. The molecule has 1 aliphatic heterocycles. The van der Waals surface area contributed by atoms with Crippen molar-refractivity contribution in [3.8, 4) is 0 Å². The molecule has 98 valence electrons. The summed E-state index contributed by atoms with van der Waals surface area (Å²) >= 11 is 0. The fourth-order valence-electron chi connectivity index (χ4n) is 2.36. The summed E-state index contributed by atoms with van der Waals surface area (Å²) in [5.41, 5.74) is 13.2. The molecule has 1 atom stereocenters. The fourth-order valence-corrected chi connectivity index (χ4v) is 2.36. The van der Waals surface area contributed by atoms with Crippen molar-refractivity contribution in [2.45, 2.75) is 18.9 Å². The lowest BCUT2D eigenvalue weighted by Crippen LogP contribution is -2.80. The number of guanidine groups is 1. The molecule has 0 saturated heterocycles. The predicted octanol–water partition coefficient (Wildman–Crippen LogP) is -1.85. The molecule has 1 aromatic carbocycles. The lowest BCUT2D eigenvalue weighted by molar-refractivity contribution is -0.470. The minimum atomic E-state index is -0.488. The van der Waals surface area contributed by atoms with Crippen molar-refractivity contribution in [2.75, 3.05) is 24.5 Å². The Morgan fingerprint density at radius 1 is 1.39 bits per heavy atom. The van der Waals surface area contributed by atoms with E-state index >= 15 is 0 Å². The molecule has 0 aliphatic carbocycles. The lowest BCUT2D eigenvalue weighted by atomic mass is 10.0. The van der Waals surface area contributed by atoms with Gasteiger partial charge in [-0.2, -0.15) is 0 Å². The van der Waals surface area contributed by atoms with Gasteiger partial charge in [-0.3, -0.25) is 16.5 Å². The maximum absolute atomic E-state index is 9.95. The monoisotopic (exact) mass is 249 g/mol. The van der Waals surface area contributed by atoms with Crippen LogP contribution in [-0.4, -0.2) is 36.8 Å². The Morgan fingerprint density at radius 2 is 2.17 bits per heavy atom. The van der Waals surface area contributed by atoms with E-state index in [-0.39, 0.29) is 5.96 Å². The number of aliphatic hydroxyl groups is 1. The van der Waals surface area contributed by atoms with Gasteiger partial charge in [0.2, 0.25) is 0 Å². The average Bonchev–Trinajstić information content (AvgIpc) is 2.37. The van der Waals surface area contributed by atoms with Crippen LogP contribution in [0.25, 0.3) is 0 Å². The number of fused-ring (bicyclic) bond motifs is 1. The second-order valence-electron chi connectivity index (χ2n) is 4.67. The molecule has 0 amide bonds. The molecule has 5 nitrogen and oxygen atoms in total. The van der Waals surface area contributed by atoms with Crippen LogP contribution in [0.2, 0.25) is 0 Å². The molecule has 1 heterocycles. The van der Waals surface area contributed by atoms with E-state index in [1.165, 1.54) is 11.3 Å². The molecule has 0 saturated carbocycles. The topological polar surface area (TPSA) is 89.5 Å².